The molecule has 0 bridgehead atoms. The van der Waals surface area contributed by atoms with Gasteiger partial charge in [0.1, 0.15) is 23.7 Å². The van der Waals surface area contributed by atoms with Crippen LogP contribution in [0, 0.1) is 0 Å². The number of rotatable bonds is 8. The average Bonchev–Trinajstić information content (AvgIpc) is 3.19. The third-order valence-corrected chi connectivity index (χ3v) is 7.94. The van der Waals surface area contributed by atoms with E-state index in [0.29, 0.717) is 17.3 Å². The Bertz CT molecular complexity index is 1030. The van der Waals surface area contributed by atoms with Gasteiger partial charge in [-0.25, -0.2) is 23.1 Å². The monoisotopic (exact) mass is 525 g/mol. The number of amidine groups is 1. The Hall–Kier alpha value is -1.26. The summed E-state index contributed by atoms with van der Waals surface area (Å²) >= 11 is 0. The summed E-state index contributed by atoms with van der Waals surface area (Å²) in [7, 11) is -15.2. The smallest absolute Gasteiger partial charge is 0.387 e. The van der Waals surface area contributed by atoms with E-state index < -0.39 is 54.7 Å². The predicted octanol–water partition coefficient (Wildman–Crippen LogP) is -0.828. The summed E-state index contributed by atoms with van der Waals surface area (Å²) < 4.78 is 66.6. The molecule has 3 heterocycles. The second kappa shape index (κ2) is 9.18. The molecule has 182 valence electrons. The molecule has 0 spiro atoms. The molecule has 0 saturated carbocycles. The molecule has 0 aliphatic carbocycles. The van der Waals surface area contributed by atoms with Crippen LogP contribution in [0.15, 0.2) is 11.3 Å². The van der Waals surface area contributed by atoms with Gasteiger partial charge in [0.2, 0.25) is 0 Å². The fraction of sp³-hybridized carbons (Fsp3) is 0.636. The van der Waals surface area contributed by atoms with Gasteiger partial charge in [-0.3, -0.25) is 14.1 Å². The number of phosphoric ester groups is 1. The largest absolute Gasteiger partial charge is 0.490 e. The van der Waals surface area contributed by atoms with Gasteiger partial charge in [-0.2, -0.15) is 8.62 Å². The third kappa shape index (κ3) is 5.80. The van der Waals surface area contributed by atoms with Crippen molar-refractivity contribution in [1.82, 2.24) is 14.9 Å². The predicted molar refractivity (Wildman–Crippen MR) is 101 cm³/mol. The van der Waals surface area contributed by atoms with Crippen LogP contribution in [0.1, 0.15) is 11.9 Å². The molecule has 6 atom stereocenters. The minimum atomic E-state index is -5.71. The SMILES string of the molecule is CN=C1NCNc2c1ncn2C1OC(COP(=O)(O)OP(=O)(O)OP(=O)(O)O)C(O)C1F. The summed E-state index contributed by atoms with van der Waals surface area (Å²) in [6, 6.07) is 0. The molecule has 17 nitrogen and oxygen atoms in total. The number of nitrogens with one attached hydrogen (secondary N) is 2. The first-order valence-corrected chi connectivity index (χ1v) is 13.0. The Morgan fingerprint density at radius 3 is 2.56 bits per heavy atom. The van der Waals surface area contributed by atoms with E-state index in [1.807, 2.05) is 0 Å². The maximum Gasteiger partial charge on any atom is 0.490 e. The number of ether oxygens (including phenoxy) is 1. The molecular formula is C11H19FN5O12P3. The highest BCUT2D eigenvalue weighted by Crippen LogP contribution is 2.66. The Labute approximate surface area is 178 Å². The topological polar surface area (TPSA) is 244 Å². The fourth-order valence-corrected chi connectivity index (χ4v) is 5.95. The van der Waals surface area contributed by atoms with Gasteiger partial charge in [-0.1, -0.05) is 0 Å². The van der Waals surface area contributed by atoms with E-state index in [1.165, 1.54) is 17.9 Å². The number of aromatic nitrogens is 2. The number of aliphatic hydroxyl groups is 1. The Morgan fingerprint density at radius 2 is 1.94 bits per heavy atom. The summed E-state index contributed by atoms with van der Waals surface area (Å²) in [6.07, 6.45) is -5.64. The molecular weight excluding hydrogens is 506 g/mol. The van der Waals surface area contributed by atoms with E-state index in [9.17, 15) is 28.1 Å². The summed E-state index contributed by atoms with van der Waals surface area (Å²) in [4.78, 5) is 43.7. The summed E-state index contributed by atoms with van der Waals surface area (Å²) in [6.45, 7) is -0.762. The van der Waals surface area contributed by atoms with Crippen molar-refractivity contribution in [1.29, 1.82) is 0 Å². The zero-order valence-corrected chi connectivity index (χ0v) is 18.6. The van der Waals surface area contributed by atoms with Crippen LogP contribution in [0.3, 0.4) is 0 Å². The van der Waals surface area contributed by atoms with Crippen molar-refractivity contribution >= 4 is 35.1 Å². The van der Waals surface area contributed by atoms with Gasteiger partial charge in [-0.15, -0.1) is 0 Å². The number of aliphatic imine (C=N–C) groups is 1. The van der Waals surface area contributed by atoms with Crippen molar-refractivity contribution in [3.05, 3.63) is 12.0 Å². The molecule has 7 N–H and O–H groups in total. The van der Waals surface area contributed by atoms with Gasteiger partial charge < -0.3 is 40.1 Å². The zero-order chi connectivity index (χ0) is 23.9. The highest BCUT2D eigenvalue weighted by atomic mass is 31.3. The average molecular weight is 525 g/mol. The first-order valence-electron chi connectivity index (χ1n) is 8.51. The van der Waals surface area contributed by atoms with Crippen LogP contribution < -0.4 is 10.6 Å². The zero-order valence-electron chi connectivity index (χ0n) is 16.0. The number of aliphatic hydroxyl groups excluding tert-OH is 1. The van der Waals surface area contributed by atoms with Crippen molar-refractivity contribution in [2.45, 2.75) is 24.6 Å². The van der Waals surface area contributed by atoms with Gasteiger partial charge in [0, 0.05) is 7.05 Å². The molecule has 3 rings (SSSR count). The number of phosphoric acid groups is 3. The molecule has 21 heteroatoms. The molecule has 2 aliphatic heterocycles. The van der Waals surface area contributed by atoms with Gasteiger partial charge in [0.15, 0.2) is 18.2 Å². The van der Waals surface area contributed by atoms with Crippen molar-refractivity contribution in [2.24, 2.45) is 4.99 Å². The summed E-state index contributed by atoms with van der Waals surface area (Å²) in [5.41, 5.74) is 0.362. The Morgan fingerprint density at radius 1 is 1.25 bits per heavy atom. The van der Waals surface area contributed by atoms with Crippen LogP contribution >= 0.6 is 23.5 Å². The van der Waals surface area contributed by atoms with Crippen LogP contribution in [0.25, 0.3) is 0 Å². The van der Waals surface area contributed by atoms with Crippen molar-refractivity contribution in [3.63, 3.8) is 0 Å². The number of hydrogen-bond donors (Lipinski definition) is 7. The molecule has 0 amide bonds. The van der Waals surface area contributed by atoms with E-state index in [1.54, 1.807) is 0 Å². The quantitative estimate of drug-likeness (QED) is 0.205. The lowest BCUT2D eigenvalue weighted by atomic mass is 10.1. The number of hydrogen-bond acceptors (Lipinski definition) is 11. The highest BCUT2D eigenvalue weighted by Gasteiger charge is 2.48. The minimum absolute atomic E-state index is 0.243. The number of imidazole rings is 1. The maximum absolute atomic E-state index is 14.7. The van der Waals surface area contributed by atoms with Crippen molar-refractivity contribution in [2.75, 3.05) is 25.6 Å². The van der Waals surface area contributed by atoms with Crippen LogP contribution in [-0.2, 0) is 31.6 Å². The Balaban J connectivity index is 1.68. The van der Waals surface area contributed by atoms with Gasteiger partial charge in [-0.05, 0) is 0 Å². The maximum atomic E-state index is 14.7. The summed E-state index contributed by atoms with van der Waals surface area (Å²) in [5.74, 6) is 0.758. The lowest BCUT2D eigenvalue weighted by Crippen LogP contribution is -2.37. The van der Waals surface area contributed by atoms with E-state index in [0.717, 1.165) is 0 Å². The second-order valence-electron chi connectivity index (χ2n) is 6.34. The molecule has 32 heavy (non-hydrogen) atoms. The van der Waals surface area contributed by atoms with E-state index in [-0.39, 0.29) is 6.67 Å². The molecule has 6 unspecified atom stereocenters. The molecule has 0 aromatic carbocycles. The lowest BCUT2D eigenvalue weighted by molar-refractivity contribution is -0.0457. The minimum Gasteiger partial charge on any atom is -0.387 e. The van der Waals surface area contributed by atoms with Crippen molar-refractivity contribution < 1.29 is 60.6 Å². The molecule has 1 aromatic rings. The molecule has 2 aliphatic rings. The van der Waals surface area contributed by atoms with E-state index in [2.05, 4.69) is 33.8 Å². The molecule has 1 aromatic heterocycles. The first kappa shape index (κ1) is 25.4. The van der Waals surface area contributed by atoms with Gasteiger partial charge >= 0.3 is 23.5 Å². The number of alkyl halides is 1. The molecule has 1 fully saturated rings. The standard InChI is InChI=1S/C11H19FN5O12P3/c1-13-9-7-10(15-3-14-9)17(4-16-7)11-6(12)8(18)5(27-11)2-26-31(22,23)29-32(24,25)28-30(19,20)21/h4-6,8,11,15,18H,2-3H2,1H3,(H,13,14)(H,22,23)(H,24,25)(H2,19,20,21). The van der Waals surface area contributed by atoms with Crippen LogP contribution in [-0.4, -0.2) is 78.8 Å². The number of halogens is 1. The fourth-order valence-electron chi connectivity index (χ4n) is 2.92. The number of nitrogens with zero attached hydrogens (tertiary/aromatic N) is 3. The second-order valence-corrected chi connectivity index (χ2v) is 10.8. The lowest BCUT2D eigenvalue weighted by Gasteiger charge is -2.23. The van der Waals surface area contributed by atoms with Gasteiger partial charge in [0.25, 0.3) is 0 Å². The number of anilines is 1. The van der Waals surface area contributed by atoms with Crippen LogP contribution in [0.2, 0.25) is 0 Å². The molecule has 1 saturated heterocycles. The van der Waals surface area contributed by atoms with Gasteiger partial charge in [0.05, 0.1) is 19.6 Å². The Kier molecular flexibility index (Phi) is 7.27. The van der Waals surface area contributed by atoms with E-state index >= 15 is 0 Å². The highest BCUT2D eigenvalue weighted by molar-refractivity contribution is 7.66. The first-order chi connectivity index (χ1) is 14.7. The van der Waals surface area contributed by atoms with E-state index in [4.69, 9.17) is 19.4 Å². The molecule has 0 radical (unpaired) electrons. The van der Waals surface area contributed by atoms with Crippen LogP contribution in [0.4, 0.5) is 10.2 Å². The number of fused-ring (bicyclic) bond motifs is 1. The van der Waals surface area contributed by atoms with Crippen molar-refractivity contribution in [3.8, 4) is 0 Å². The third-order valence-electron chi connectivity index (χ3n) is 4.14. The summed E-state index contributed by atoms with van der Waals surface area (Å²) in [5, 5.41) is 15.9. The normalized spacial score (nSPS) is 30.8. The van der Waals surface area contributed by atoms with Crippen LogP contribution in [0.5, 0.6) is 0 Å².